The number of rotatable bonds is 5. The minimum absolute atomic E-state index is 0.0544. The third-order valence-corrected chi connectivity index (χ3v) is 6.31. The molecule has 3 rings (SSSR count). The number of nitrogens with zero attached hydrogens (tertiary/aromatic N) is 2. The Hall–Kier alpha value is -1.40. The molecular formula is C18H27N3O2S. The zero-order valence-electron chi connectivity index (χ0n) is 14.5. The van der Waals surface area contributed by atoms with Gasteiger partial charge in [-0.1, -0.05) is 6.07 Å². The zero-order valence-corrected chi connectivity index (χ0v) is 15.3. The molecule has 0 aromatic carbocycles. The molecule has 2 saturated heterocycles. The van der Waals surface area contributed by atoms with Crippen LogP contribution in [0.1, 0.15) is 50.4 Å². The maximum Gasteiger partial charge on any atom is 0.234 e. The van der Waals surface area contributed by atoms with Crippen molar-refractivity contribution >= 4 is 23.2 Å². The van der Waals surface area contributed by atoms with Crippen LogP contribution in [0.5, 0.6) is 0 Å². The topological polar surface area (TPSA) is 52.7 Å². The molecule has 0 bridgehead atoms. The summed E-state index contributed by atoms with van der Waals surface area (Å²) in [5, 5.41) is 5.14. The molecule has 2 aliphatic heterocycles. The van der Waals surface area contributed by atoms with E-state index in [1.165, 1.54) is 4.88 Å². The van der Waals surface area contributed by atoms with Gasteiger partial charge < -0.3 is 10.2 Å². The maximum absolute atomic E-state index is 12.5. The molecule has 1 aromatic rings. The third-order valence-electron chi connectivity index (χ3n) is 5.26. The van der Waals surface area contributed by atoms with Crippen molar-refractivity contribution in [3.05, 3.63) is 22.4 Å². The van der Waals surface area contributed by atoms with Crippen molar-refractivity contribution in [3.8, 4) is 0 Å². The van der Waals surface area contributed by atoms with Gasteiger partial charge in [-0.15, -0.1) is 11.3 Å². The molecule has 3 atom stereocenters. The summed E-state index contributed by atoms with van der Waals surface area (Å²) in [5.74, 6) is 0.246. The maximum atomic E-state index is 12.5. The molecular weight excluding hydrogens is 322 g/mol. The van der Waals surface area contributed by atoms with Crippen LogP contribution in [0.15, 0.2) is 17.5 Å². The summed E-state index contributed by atoms with van der Waals surface area (Å²) in [4.78, 5) is 29.8. The average Bonchev–Trinajstić information content (AvgIpc) is 3.28. The molecule has 6 heteroatoms. The number of carbonyl (C=O) groups excluding carboxylic acids is 2. The predicted octanol–water partition coefficient (Wildman–Crippen LogP) is 2.40. The van der Waals surface area contributed by atoms with E-state index in [9.17, 15) is 9.59 Å². The molecule has 5 nitrogen and oxygen atoms in total. The van der Waals surface area contributed by atoms with Crippen molar-refractivity contribution in [2.24, 2.45) is 0 Å². The van der Waals surface area contributed by atoms with E-state index in [1.54, 1.807) is 18.3 Å². The highest BCUT2D eigenvalue weighted by atomic mass is 32.1. The molecule has 1 aromatic heterocycles. The van der Waals surface area contributed by atoms with Crippen molar-refractivity contribution in [2.75, 3.05) is 19.6 Å². The number of likely N-dealkylation sites (tertiary alicyclic amines) is 2. The molecule has 0 aliphatic carbocycles. The SMILES string of the molecule is CC(=O)N1CCC[C@@H]1[C@H]1CCCN1CC(=O)N[C@@H](C)c1cccs1. The van der Waals surface area contributed by atoms with Gasteiger partial charge in [0.2, 0.25) is 11.8 Å². The lowest BCUT2D eigenvalue weighted by Gasteiger charge is -2.34. The standard InChI is InChI=1S/C18H27N3O2S/c1-13(17-8-5-11-24-17)19-18(23)12-20-9-3-6-15(20)16-7-4-10-21(16)14(2)22/h5,8,11,13,15-16H,3-4,6-7,9-10,12H2,1-2H3,(H,19,23)/t13-,15+,16+/m0/s1. The highest BCUT2D eigenvalue weighted by molar-refractivity contribution is 7.10. The van der Waals surface area contributed by atoms with Gasteiger partial charge in [-0.2, -0.15) is 0 Å². The number of hydrogen-bond donors (Lipinski definition) is 1. The Morgan fingerprint density at radius 1 is 1.29 bits per heavy atom. The van der Waals surface area contributed by atoms with Crippen molar-refractivity contribution in [1.29, 1.82) is 0 Å². The number of thiophene rings is 1. The van der Waals surface area contributed by atoms with Crippen LogP contribution < -0.4 is 5.32 Å². The van der Waals surface area contributed by atoms with Gasteiger partial charge in [-0.05, 0) is 50.6 Å². The van der Waals surface area contributed by atoms with Gasteiger partial charge in [-0.25, -0.2) is 0 Å². The van der Waals surface area contributed by atoms with E-state index in [1.807, 2.05) is 23.3 Å². The number of amides is 2. The number of hydrogen-bond acceptors (Lipinski definition) is 4. The van der Waals surface area contributed by atoms with Crippen LogP contribution in [0.25, 0.3) is 0 Å². The highest BCUT2D eigenvalue weighted by Gasteiger charge is 2.39. The zero-order chi connectivity index (χ0) is 17.1. The Morgan fingerprint density at radius 2 is 2.04 bits per heavy atom. The van der Waals surface area contributed by atoms with Gasteiger partial charge in [0.15, 0.2) is 0 Å². The summed E-state index contributed by atoms with van der Waals surface area (Å²) in [6.07, 6.45) is 4.34. The first-order chi connectivity index (χ1) is 11.6. The van der Waals surface area contributed by atoms with E-state index in [-0.39, 0.29) is 23.9 Å². The van der Waals surface area contributed by atoms with E-state index >= 15 is 0 Å². The predicted molar refractivity (Wildman–Crippen MR) is 95.9 cm³/mol. The van der Waals surface area contributed by atoms with Crippen molar-refractivity contribution in [3.63, 3.8) is 0 Å². The quantitative estimate of drug-likeness (QED) is 0.888. The van der Waals surface area contributed by atoms with Gasteiger partial charge in [0.05, 0.1) is 12.6 Å². The molecule has 0 radical (unpaired) electrons. The Labute approximate surface area is 148 Å². The first kappa shape index (κ1) is 17.4. The molecule has 0 spiro atoms. The van der Waals surface area contributed by atoms with Gasteiger partial charge >= 0.3 is 0 Å². The second-order valence-electron chi connectivity index (χ2n) is 6.91. The monoisotopic (exact) mass is 349 g/mol. The summed E-state index contributed by atoms with van der Waals surface area (Å²) in [6.45, 7) is 5.94. The lowest BCUT2D eigenvalue weighted by molar-refractivity contribution is -0.130. The van der Waals surface area contributed by atoms with Crippen LogP contribution in [0, 0.1) is 0 Å². The van der Waals surface area contributed by atoms with Gasteiger partial charge in [0.1, 0.15) is 0 Å². The lowest BCUT2D eigenvalue weighted by atomic mass is 10.0. The van der Waals surface area contributed by atoms with E-state index in [4.69, 9.17) is 0 Å². The van der Waals surface area contributed by atoms with Gasteiger partial charge in [0.25, 0.3) is 0 Å². The van der Waals surface area contributed by atoms with E-state index in [0.717, 1.165) is 38.8 Å². The minimum atomic E-state index is 0.0544. The number of carbonyl (C=O) groups is 2. The third kappa shape index (κ3) is 3.81. The normalized spacial score (nSPS) is 25.8. The second-order valence-corrected chi connectivity index (χ2v) is 7.89. The molecule has 3 heterocycles. The summed E-state index contributed by atoms with van der Waals surface area (Å²) < 4.78 is 0. The second kappa shape index (κ2) is 7.66. The minimum Gasteiger partial charge on any atom is -0.348 e. The molecule has 24 heavy (non-hydrogen) atoms. The van der Waals surface area contributed by atoms with Crippen LogP contribution in [0.4, 0.5) is 0 Å². The Bertz CT molecular complexity index is 575. The van der Waals surface area contributed by atoms with E-state index in [0.29, 0.717) is 12.6 Å². The van der Waals surface area contributed by atoms with E-state index < -0.39 is 0 Å². The van der Waals surface area contributed by atoms with Gasteiger partial charge in [0, 0.05) is 30.4 Å². The first-order valence-corrected chi connectivity index (χ1v) is 9.78. The summed E-state index contributed by atoms with van der Waals surface area (Å²) in [6, 6.07) is 4.73. The van der Waals surface area contributed by atoms with Crippen LogP contribution in [0.2, 0.25) is 0 Å². The Balaban J connectivity index is 1.57. The van der Waals surface area contributed by atoms with Crippen LogP contribution in [-0.4, -0.2) is 53.3 Å². The summed E-state index contributed by atoms with van der Waals surface area (Å²) >= 11 is 1.67. The first-order valence-electron chi connectivity index (χ1n) is 8.90. The smallest absolute Gasteiger partial charge is 0.234 e. The fourth-order valence-electron chi connectivity index (χ4n) is 4.15. The molecule has 0 unspecified atom stereocenters. The molecule has 2 aliphatic rings. The van der Waals surface area contributed by atoms with E-state index in [2.05, 4.69) is 16.3 Å². The average molecular weight is 350 g/mol. The fraction of sp³-hybridized carbons (Fsp3) is 0.667. The van der Waals surface area contributed by atoms with Crippen LogP contribution in [-0.2, 0) is 9.59 Å². The molecule has 132 valence electrons. The summed E-state index contributed by atoms with van der Waals surface area (Å²) in [7, 11) is 0. The summed E-state index contributed by atoms with van der Waals surface area (Å²) in [5.41, 5.74) is 0. The Morgan fingerprint density at radius 3 is 2.75 bits per heavy atom. The van der Waals surface area contributed by atoms with Crippen LogP contribution >= 0.6 is 11.3 Å². The van der Waals surface area contributed by atoms with Crippen molar-refractivity contribution in [2.45, 2.75) is 57.7 Å². The van der Waals surface area contributed by atoms with Crippen molar-refractivity contribution < 1.29 is 9.59 Å². The molecule has 2 fully saturated rings. The van der Waals surface area contributed by atoms with Gasteiger partial charge in [-0.3, -0.25) is 14.5 Å². The number of nitrogens with one attached hydrogen (secondary N) is 1. The Kier molecular flexibility index (Phi) is 5.56. The fourth-order valence-corrected chi connectivity index (χ4v) is 4.88. The lowest BCUT2D eigenvalue weighted by Crippen LogP contribution is -2.50. The molecule has 2 amide bonds. The largest absolute Gasteiger partial charge is 0.348 e. The highest BCUT2D eigenvalue weighted by Crippen LogP contribution is 2.30. The molecule has 0 saturated carbocycles. The van der Waals surface area contributed by atoms with Crippen LogP contribution in [0.3, 0.4) is 0 Å². The van der Waals surface area contributed by atoms with Crippen molar-refractivity contribution in [1.82, 2.24) is 15.1 Å². The molecule has 1 N–H and O–H groups in total.